The van der Waals surface area contributed by atoms with Gasteiger partial charge in [0.25, 0.3) is 0 Å². The number of nitriles is 1. The van der Waals surface area contributed by atoms with Crippen LogP contribution in [0.2, 0.25) is 0 Å². The molecule has 12 heavy (non-hydrogen) atoms. The van der Waals surface area contributed by atoms with E-state index in [-0.39, 0.29) is 11.5 Å². The zero-order chi connectivity index (χ0) is 9.57. The van der Waals surface area contributed by atoms with Gasteiger partial charge in [0.1, 0.15) is 0 Å². The van der Waals surface area contributed by atoms with Gasteiger partial charge in [-0.1, -0.05) is 0 Å². The number of hydrogen-bond donors (Lipinski definition) is 1. The Morgan fingerprint density at radius 3 is 2.08 bits per heavy atom. The fourth-order valence-electron chi connectivity index (χ4n) is 1.97. The number of hydrogen-bond acceptors (Lipinski definition) is 3. The summed E-state index contributed by atoms with van der Waals surface area (Å²) >= 11 is 0. The molecule has 0 radical (unpaired) electrons. The van der Waals surface area contributed by atoms with Crippen molar-refractivity contribution in [3.63, 3.8) is 0 Å². The quantitative estimate of drug-likeness (QED) is 0.599. The number of hydroxylamine groups is 2. The summed E-state index contributed by atoms with van der Waals surface area (Å²) in [6, 6.07) is 2.24. The molecule has 3 heteroatoms. The van der Waals surface area contributed by atoms with Gasteiger partial charge in [0.2, 0.25) is 0 Å². The Kier molecular flexibility index (Phi) is 1.94. The van der Waals surface area contributed by atoms with Crippen LogP contribution in [0.3, 0.4) is 0 Å². The van der Waals surface area contributed by atoms with Crippen molar-refractivity contribution in [3.8, 4) is 6.07 Å². The molecule has 68 valence electrons. The minimum absolute atomic E-state index is 0.0856. The van der Waals surface area contributed by atoms with Crippen LogP contribution < -0.4 is 0 Å². The minimum Gasteiger partial charge on any atom is -0.313 e. The molecule has 1 aliphatic rings. The van der Waals surface area contributed by atoms with Crippen LogP contribution in [0.5, 0.6) is 0 Å². The third-order valence-corrected chi connectivity index (χ3v) is 2.83. The maximum absolute atomic E-state index is 9.77. The summed E-state index contributed by atoms with van der Waals surface area (Å²) in [6.07, 6.45) is 0.729. The Hall–Kier alpha value is -0.590. The maximum Gasteiger partial charge on any atom is 0.0683 e. The molecular weight excluding hydrogens is 152 g/mol. The molecule has 0 spiro atoms. The lowest BCUT2D eigenvalue weighted by molar-refractivity contribution is -0.194. The van der Waals surface area contributed by atoms with Crippen LogP contribution in [0.15, 0.2) is 0 Å². The molecule has 1 aliphatic heterocycles. The summed E-state index contributed by atoms with van der Waals surface area (Å²) < 4.78 is 0. The SMILES string of the molecule is CC1(C)C[C@@H](C#N)C(C)(C)N1O. The van der Waals surface area contributed by atoms with Gasteiger partial charge in [0, 0.05) is 5.54 Å². The fourth-order valence-corrected chi connectivity index (χ4v) is 1.97. The fraction of sp³-hybridized carbons (Fsp3) is 0.889. The van der Waals surface area contributed by atoms with Crippen LogP contribution in [-0.2, 0) is 0 Å². The highest BCUT2D eigenvalue weighted by Gasteiger charge is 2.51. The van der Waals surface area contributed by atoms with Gasteiger partial charge in [-0.2, -0.15) is 10.3 Å². The van der Waals surface area contributed by atoms with Gasteiger partial charge in [0.05, 0.1) is 17.5 Å². The largest absolute Gasteiger partial charge is 0.313 e. The summed E-state index contributed by atoms with van der Waals surface area (Å²) in [5, 5.41) is 19.9. The molecule has 3 nitrogen and oxygen atoms in total. The van der Waals surface area contributed by atoms with Gasteiger partial charge in [-0.3, -0.25) is 0 Å². The average molecular weight is 168 g/mol. The van der Waals surface area contributed by atoms with Crippen LogP contribution >= 0.6 is 0 Å². The Labute approximate surface area is 73.6 Å². The number of rotatable bonds is 0. The van der Waals surface area contributed by atoms with E-state index in [2.05, 4.69) is 6.07 Å². The molecule has 1 heterocycles. The average Bonchev–Trinajstić information content (AvgIpc) is 2.11. The molecule has 0 aromatic carbocycles. The normalized spacial score (nSPS) is 33.2. The highest BCUT2D eigenvalue weighted by molar-refractivity contribution is 5.09. The van der Waals surface area contributed by atoms with E-state index < -0.39 is 5.54 Å². The maximum atomic E-state index is 9.77. The molecule has 0 amide bonds. The lowest BCUT2D eigenvalue weighted by Gasteiger charge is -2.34. The Balaban J connectivity index is 2.98. The second-order valence-electron chi connectivity index (χ2n) is 4.66. The van der Waals surface area contributed by atoms with Crippen molar-refractivity contribution in [2.45, 2.75) is 45.2 Å². The second kappa shape index (κ2) is 2.45. The molecule has 1 saturated heterocycles. The summed E-state index contributed by atoms with van der Waals surface area (Å²) in [5.41, 5.74) is -0.692. The van der Waals surface area contributed by atoms with E-state index in [0.29, 0.717) is 0 Å². The van der Waals surface area contributed by atoms with Gasteiger partial charge in [0.15, 0.2) is 0 Å². The Morgan fingerprint density at radius 2 is 1.92 bits per heavy atom. The van der Waals surface area contributed by atoms with Crippen molar-refractivity contribution in [2.75, 3.05) is 0 Å². The van der Waals surface area contributed by atoms with Crippen molar-refractivity contribution in [1.82, 2.24) is 5.06 Å². The molecule has 0 bridgehead atoms. The van der Waals surface area contributed by atoms with Gasteiger partial charge < -0.3 is 5.21 Å². The minimum atomic E-state index is -0.418. The molecule has 0 aliphatic carbocycles. The van der Waals surface area contributed by atoms with Crippen LogP contribution in [0.25, 0.3) is 0 Å². The Morgan fingerprint density at radius 1 is 1.42 bits per heavy atom. The van der Waals surface area contributed by atoms with Gasteiger partial charge in [-0.25, -0.2) is 0 Å². The van der Waals surface area contributed by atoms with Crippen molar-refractivity contribution in [1.29, 1.82) is 5.26 Å². The first kappa shape index (κ1) is 9.50. The molecule has 0 aromatic heterocycles. The van der Waals surface area contributed by atoms with E-state index in [1.165, 1.54) is 5.06 Å². The van der Waals surface area contributed by atoms with E-state index in [1.54, 1.807) is 0 Å². The molecule has 0 unspecified atom stereocenters. The molecular formula is C9H16N2O. The zero-order valence-corrected chi connectivity index (χ0v) is 8.13. The van der Waals surface area contributed by atoms with Gasteiger partial charge in [-0.15, -0.1) is 0 Å². The lowest BCUT2D eigenvalue weighted by atomic mass is 9.88. The molecule has 1 rings (SSSR count). The van der Waals surface area contributed by atoms with E-state index in [9.17, 15) is 5.21 Å². The first-order valence-electron chi connectivity index (χ1n) is 4.21. The highest BCUT2D eigenvalue weighted by atomic mass is 16.5. The molecule has 1 fully saturated rings. The smallest absolute Gasteiger partial charge is 0.0683 e. The highest BCUT2D eigenvalue weighted by Crippen LogP contribution is 2.42. The third-order valence-electron chi connectivity index (χ3n) is 2.83. The standard InChI is InChI=1S/C9H16N2O/c1-8(2)5-7(6-10)9(3,4)11(8)12/h7,12H,5H2,1-4H3/t7-/m0/s1. The van der Waals surface area contributed by atoms with Crippen LogP contribution in [0, 0.1) is 17.2 Å². The number of nitrogens with zero attached hydrogens (tertiary/aromatic N) is 2. The first-order chi connectivity index (χ1) is 5.32. The topological polar surface area (TPSA) is 47.3 Å². The monoisotopic (exact) mass is 168 g/mol. The van der Waals surface area contributed by atoms with Crippen LogP contribution in [0.4, 0.5) is 0 Å². The van der Waals surface area contributed by atoms with E-state index in [1.807, 2.05) is 27.7 Å². The summed E-state index contributed by atoms with van der Waals surface area (Å²) in [7, 11) is 0. The molecule has 1 atom stereocenters. The van der Waals surface area contributed by atoms with Crippen molar-refractivity contribution >= 4 is 0 Å². The van der Waals surface area contributed by atoms with Gasteiger partial charge >= 0.3 is 0 Å². The summed E-state index contributed by atoms with van der Waals surface area (Å²) in [5.74, 6) is -0.0856. The lowest BCUT2D eigenvalue weighted by Crippen LogP contribution is -2.47. The molecule has 1 N–H and O–H groups in total. The third kappa shape index (κ3) is 1.12. The van der Waals surface area contributed by atoms with E-state index >= 15 is 0 Å². The van der Waals surface area contributed by atoms with Gasteiger partial charge in [-0.05, 0) is 34.1 Å². The summed E-state index contributed by atoms with van der Waals surface area (Å²) in [4.78, 5) is 0. The molecule has 0 saturated carbocycles. The predicted molar refractivity (Wildman–Crippen MR) is 45.5 cm³/mol. The second-order valence-corrected chi connectivity index (χ2v) is 4.66. The van der Waals surface area contributed by atoms with Crippen LogP contribution in [-0.4, -0.2) is 21.3 Å². The van der Waals surface area contributed by atoms with E-state index in [0.717, 1.165) is 6.42 Å². The molecule has 0 aromatic rings. The van der Waals surface area contributed by atoms with Crippen molar-refractivity contribution in [3.05, 3.63) is 0 Å². The zero-order valence-electron chi connectivity index (χ0n) is 8.13. The van der Waals surface area contributed by atoms with E-state index in [4.69, 9.17) is 5.26 Å². The Bertz CT molecular complexity index is 227. The summed E-state index contributed by atoms with van der Waals surface area (Å²) in [6.45, 7) is 7.70. The predicted octanol–water partition coefficient (Wildman–Crippen LogP) is 1.78. The van der Waals surface area contributed by atoms with Crippen LogP contribution in [0.1, 0.15) is 34.1 Å². The first-order valence-corrected chi connectivity index (χ1v) is 4.21. The van der Waals surface area contributed by atoms with Crippen molar-refractivity contribution < 1.29 is 5.21 Å². The van der Waals surface area contributed by atoms with Crippen molar-refractivity contribution in [2.24, 2.45) is 5.92 Å².